The number of nitrogens with zero attached hydrogens (tertiary/aromatic N) is 2. The van der Waals surface area contributed by atoms with Gasteiger partial charge in [0.05, 0.1) is 11.2 Å². The molecule has 2 aromatic heterocycles. The van der Waals surface area contributed by atoms with Crippen LogP contribution in [0.4, 0.5) is 0 Å². The number of aromatic nitrogens is 2. The van der Waals surface area contributed by atoms with Crippen LogP contribution in [0.1, 0.15) is 30.1 Å². The Kier molecular flexibility index (Phi) is 2.40. The van der Waals surface area contributed by atoms with Crippen LogP contribution in [0, 0.1) is 6.92 Å². The standard InChI is InChI=1S/C13H17N3/c1-10-4-2-6-12-8-13(15-16(10)12)11-5-3-7-14-9-11/h2,4,6,8,11,14H,3,5,7,9H2,1H3. The highest BCUT2D eigenvalue weighted by atomic mass is 15.2. The first-order chi connectivity index (χ1) is 7.84. The maximum atomic E-state index is 4.71. The lowest BCUT2D eigenvalue weighted by atomic mass is 9.96. The monoisotopic (exact) mass is 215 g/mol. The summed E-state index contributed by atoms with van der Waals surface area (Å²) in [6, 6.07) is 8.54. The molecule has 1 saturated heterocycles. The highest BCUT2D eigenvalue weighted by Gasteiger charge is 2.18. The summed E-state index contributed by atoms with van der Waals surface area (Å²) < 4.78 is 2.05. The second kappa shape index (κ2) is 3.91. The molecule has 1 aliphatic heterocycles. The molecule has 2 aromatic rings. The highest BCUT2D eigenvalue weighted by Crippen LogP contribution is 2.23. The quantitative estimate of drug-likeness (QED) is 0.789. The molecule has 1 unspecified atom stereocenters. The van der Waals surface area contributed by atoms with Crippen LogP contribution < -0.4 is 5.32 Å². The molecule has 3 nitrogen and oxygen atoms in total. The number of aryl methyl sites for hydroxylation is 1. The fourth-order valence-electron chi connectivity index (χ4n) is 2.48. The second-order valence-electron chi connectivity index (χ2n) is 4.62. The summed E-state index contributed by atoms with van der Waals surface area (Å²) in [5.41, 5.74) is 3.65. The summed E-state index contributed by atoms with van der Waals surface area (Å²) in [6.45, 7) is 4.33. The van der Waals surface area contributed by atoms with E-state index in [4.69, 9.17) is 5.10 Å². The predicted octanol–water partition coefficient (Wildman–Crippen LogP) is 2.11. The van der Waals surface area contributed by atoms with Crippen molar-refractivity contribution >= 4 is 5.52 Å². The van der Waals surface area contributed by atoms with Gasteiger partial charge in [-0.1, -0.05) is 6.07 Å². The van der Waals surface area contributed by atoms with Gasteiger partial charge in [-0.2, -0.15) is 5.10 Å². The molecule has 0 bridgehead atoms. The summed E-state index contributed by atoms with van der Waals surface area (Å²) in [7, 11) is 0. The van der Waals surface area contributed by atoms with Crippen molar-refractivity contribution in [1.82, 2.24) is 14.9 Å². The van der Waals surface area contributed by atoms with E-state index in [1.165, 1.54) is 29.7 Å². The lowest BCUT2D eigenvalue weighted by Gasteiger charge is -2.20. The number of hydrogen-bond acceptors (Lipinski definition) is 2. The summed E-state index contributed by atoms with van der Waals surface area (Å²) in [5.74, 6) is 0.591. The summed E-state index contributed by atoms with van der Waals surface area (Å²) in [6.07, 6.45) is 2.52. The van der Waals surface area contributed by atoms with Crippen molar-refractivity contribution in [3.05, 3.63) is 35.7 Å². The van der Waals surface area contributed by atoms with Crippen LogP contribution in [0.15, 0.2) is 24.3 Å². The fraction of sp³-hybridized carbons (Fsp3) is 0.462. The fourth-order valence-corrected chi connectivity index (χ4v) is 2.48. The minimum atomic E-state index is 0.591. The van der Waals surface area contributed by atoms with E-state index in [0.29, 0.717) is 5.92 Å². The largest absolute Gasteiger partial charge is 0.316 e. The van der Waals surface area contributed by atoms with Gasteiger partial charge < -0.3 is 5.32 Å². The topological polar surface area (TPSA) is 29.3 Å². The molecule has 3 heterocycles. The van der Waals surface area contributed by atoms with Gasteiger partial charge in [0.2, 0.25) is 0 Å². The molecular weight excluding hydrogens is 198 g/mol. The van der Waals surface area contributed by atoms with Gasteiger partial charge in [0.1, 0.15) is 0 Å². The van der Waals surface area contributed by atoms with Crippen molar-refractivity contribution in [2.24, 2.45) is 0 Å². The normalized spacial score (nSPS) is 21.4. The maximum Gasteiger partial charge on any atom is 0.0678 e. The Labute approximate surface area is 95.5 Å². The first kappa shape index (κ1) is 9.85. The molecule has 3 heteroatoms. The van der Waals surface area contributed by atoms with Gasteiger partial charge >= 0.3 is 0 Å². The Morgan fingerprint density at radius 2 is 2.38 bits per heavy atom. The Morgan fingerprint density at radius 3 is 3.12 bits per heavy atom. The molecule has 0 spiro atoms. The lowest BCUT2D eigenvalue weighted by molar-refractivity contribution is 0.453. The molecule has 0 radical (unpaired) electrons. The Hall–Kier alpha value is -1.35. The first-order valence-corrected chi connectivity index (χ1v) is 6.00. The number of rotatable bonds is 1. The van der Waals surface area contributed by atoms with Crippen molar-refractivity contribution in [1.29, 1.82) is 0 Å². The van der Waals surface area contributed by atoms with Gasteiger partial charge in [-0.15, -0.1) is 0 Å². The molecule has 0 saturated carbocycles. The zero-order valence-electron chi connectivity index (χ0n) is 9.61. The van der Waals surface area contributed by atoms with Gasteiger partial charge in [0.25, 0.3) is 0 Å². The zero-order chi connectivity index (χ0) is 11.0. The molecule has 1 aliphatic rings. The van der Waals surface area contributed by atoms with E-state index >= 15 is 0 Å². The van der Waals surface area contributed by atoms with E-state index in [9.17, 15) is 0 Å². The third-order valence-corrected chi connectivity index (χ3v) is 3.41. The molecule has 1 atom stereocenters. The van der Waals surface area contributed by atoms with E-state index in [-0.39, 0.29) is 0 Å². The molecule has 0 aromatic carbocycles. The molecule has 1 fully saturated rings. The van der Waals surface area contributed by atoms with Crippen molar-refractivity contribution < 1.29 is 0 Å². The van der Waals surface area contributed by atoms with Crippen LogP contribution in [-0.2, 0) is 0 Å². The predicted molar refractivity (Wildman–Crippen MR) is 64.8 cm³/mol. The minimum absolute atomic E-state index is 0.591. The minimum Gasteiger partial charge on any atom is -0.316 e. The van der Waals surface area contributed by atoms with Crippen LogP contribution in [0.25, 0.3) is 5.52 Å². The summed E-state index contributed by atoms with van der Waals surface area (Å²) in [5, 5.41) is 8.16. The molecular formula is C13H17N3. The van der Waals surface area contributed by atoms with Gasteiger partial charge in [-0.05, 0) is 44.5 Å². The average Bonchev–Trinajstić information content (AvgIpc) is 2.76. The van der Waals surface area contributed by atoms with E-state index in [1.54, 1.807) is 0 Å². The summed E-state index contributed by atoms with van der Waals surface area (Å²) >= 11 is 0. The number of piperidine rings is 1. The molecule has 1 N–H and O–H groups in total. The third-order valence-electron chi connectivity index (χ3n) is 3.41. The number of nitrogens with one attached hydrogen (secondary N) is 1. The Morgan fingerprint density at radius 1 is 1.44 bits per heavy atom. The van der Waals surface area contributed by atoms with Crippen molar-refractivity contribution in [2.45, 2.75) is 25.7 Å². The number of fused-ring (bicyclic) bond motifs is 1. The van der Waals surface area contributed by atoms with Gasteiger partial charge in [-0.25, -0.2) is 4.52 Å². The number of pyridine rings is 1. The number of hydrogen-bond donors (Lipinski definition) is 1. The molecule has 0 aliphatic carbocycles. The zero-order valence-corrected chi connectivity index (χ0v) is 9.61. The average molecular weight is 215 g/mol. The van der Waals surface area contributed by atoms with Gasteiger partial charge in [0, 0.05) is 18.2 Å². The van der Waals surface area contributed by atoms with Gasteiger partial charge in [0.15, 0.2) is 0 Å². The molecule has 16 heavy (non-hydrogen) atoms. The molecule has 84 valence electrons. The second-order valence-corrected chi connectivity index (χ2v) is 4.62. The highest BCUT2D eigenvalue weighted by molar-refractivity contribution is 5.49. The van der Waals surface area contributed by atoms with Crippen molar-refractivity contribution in [3.63, 3.8) is 0 Å². The van der Waals surface area contributed by atoms with E-state index in [1.807, 2.05) is 4.52 Å². The van der Waals surface area contributed by atoms with E-state index in [2.05, 4.69) is 36.5 Å². The molecule has 3 rings (SSSR count). The van der Waals surface area contributed by atoms with Crippen LogP contribution in [0.2, 0.25) is 0 Å². The van der Waals surface area contributed by atoms with Crippen LogP contribution in [0.3, 0.4) is 0 Å². The van der Waals surface area contributed by atoms with Crippen molar-refractivity contribution in [2.75, 3.05) is 13.1 Å². The van der Waals surface area contributed by atoms with Crippen molar-refractivity contribution in [3.8, 4) is 0 Å². The van der Waals surface area contributed by atoms with Crippen LogP contribution in [0.5, 0.6) is 0 Å². The van der Waals surface area contributed by atoms with E-state index in [0.717, 1.165) is 13.1 Å². The third kappa shape index (κ3) is 1.61. The van der Waals surface area contributed by atoms with Crippen LogP contribution in [-0.4, -0.2) is 22.7 Å². The van der Waals surface area contributed by atoms with E-state index < -0.39 is 0 Å². The lowest BCUT2D eigenvalue weighted by Crippen LogP contribution is -2.28. The Bertz CT molecular complexity index is 495. The Balaban J connectivity index is 2.01. The summed E-state index contributed by atoms with van der Waals surface area (Å²) in [4.78, 5) is 0. The van der Waals surface area contributed by atoms with Gasteiger partial charge in [-0.3, -0.25) is 0 Å². The SMILES string of the molecule is Cc1cccc2cc(C3CCCNC3)nn12. The maximum absolute atomic E-state index is 4.71. The molecule has 0 amide bonds. The smallest absolute Gasteiger partial charge is 0.0678 e. The van der Waals surface area contributed by atoms with Crippen LogP contribution >= 0.6 is 0 Å². The first-order valence-electron chi connectivity index (χ1n) is 6.00.